The van der Waals surface area contributed by atoms with Crippen LogP contribution in [-0.2, 0) is 9.84 Å². The number of halogens is 1. The van der Waals surface area contributed by atoms with E-state index >= 15 is 0 Å². The Labute approximate surface area is 136 Å². The monoisotopic (exact) mass is 374 g/mol. The molecule has 118 valence electrons. The third kappa shape index (κ3) is 5.06. The molecule has 1 aromatic rings. The molecular weight excluding hydrogens is 352 g/mol. The molecule has 0 bridgehead atoms. The molecule has 0 saturated carbocycles. The van der Waals surface area contributed by atoms with Crippen molar-refractivity contribution in [3.63, 3.8) is 0 Å². The highest BCUT2D eigenvalue weighted by Gasteiger charge is 2.20. The number of benzene rings is 1. The third-order valence-electron chi connectivity index (χ3n) is 4.05. The summed E-state index contributed by atoms with van der Waals surface area (Å²) in [5.74, 6) is 0.176. The van der Waals surface area contributed by atoms with Crippen molar-refractivity contribution in [2.45, 2.75) is 30.2 Å². The van der Waals surface area contributed by atoms with Crippen molar-refractivity contribution in [1.82, 2.24) is 10.2 Å². The number of hydrogen-bond acceptors (Lipinski definition) is 4. The van der Waals surface area contributed by atoms with Crippen LogP contribution in [0.3, 0.4) is 0 Å². The molecule has 1 unspecified atom stereocenters. The fraction of sp³-hybridized carbons (Fsp3) is 0.600. The Balaban J connectivity index is 1.92. The van der Waals surface area contributed by atoms with E-state index in [0.717, 1.165) is 36.8 Å². The second kappa shape index (κ2) is 7.72. The van der Waals surface area contributed by atoms with Crippen LogP contribution in [0.25, 0.3) is 0 Å². The first kappa shape index (κ1) is 16.9. The van der Waals surface area contributed by atoms with Gasteiger partial charge < -0.3 is 10.2 Å². The summed E-state index contributed by atoms with van der Waals surface area (Å²) in [6.45, 7) is 2.68. The zero-order chi connectivity index (χ0) is 15.3. The highest BCUT2D eigenvalue weighted by atomic mass is 79.9. The second-order valence-electron chi connectivity index (χ2n) is 5.59. The van der Waals surface area contributed by atoms with E-state index in [0.29, 0.717) is 17.5 Å². The van der Waals surface area contributed by atoms with Crippen molar-refractivity contribution in [3.8, 4) is 0 Å². The van der Waals surface area contributed by atoms with E-state index in [9.17, 15) is 8.42 Å². The Morgan fingerprint density at radius 3 is 2.67 bits per heavy atom. The first-order chi connectivity index (χ1) is 9.99. The molecule has 1 aromatic carbocycles. The smallest absolute Gasteiger partial charge is 0.179 e. The van der Waals surface area contributed by atoms with E-state index in [-0.39, 0.29) is 5.75 Å². The Morgan fingerprint density at radius 2 is 1.95 bits per heavy atom. The van der Waals surface area contributed by atoms with Crippen LogP contribution in [0, 0.1) is 0 Å². The fourth-order valence-corrected chi connectivity index (χ4v) is 4.23. The van der Waals surface area contributed by atoms with Crippen LogP contribution in [0.4, 0.5) is 0 Å². The molecule has 1 fully saturated rings. The number of sulfone groups is 1. The molecular formula is C15H23BrN2O2S. The zero-order valence-corrected chi connectivity index (χ0v) is 14.8. The number of hydrogen-bond donors (Lipinski definition) is 1. The topological polar surface area (TPSA) is 49.4 Å². The average Bonchev–Trinajstić information content (AvgIpc) is 2.74. The van der Waals surface area contributed by atoms with E-state index in [2.05, 4.69) is 26.1 Å². The van der Waals surface area contributed by atoms with Gasteiger partial charge in [-0.2, -0.15) is 0 Å². The highest BCUT2D eigenvalue weighted by Crippen LogP contribution is 2.17. The van der Waals surface area contributed by atoms with Gasteiger partial charge in [0.25, 0.3) is 0 Å². The lowest BCUT2D eigenvalue weighted by Gasteiger charge is -2.26. The molecule has 1 aliphatic heterocycles. The van der Waals surface area contributed by atoms with Crippen LogP contribution in [0.2, 0.25) is 0 Å². The Morgan fingerprint density at radius 1 is 1.24 bits per heavy atom. The summed E-state index contributed by atoms with van der Waals surface area (Å²) >= 11 is 3.32. The molecule has 0 spiro atoms. The lowest BCUT2D eigenvalue weighted by Crippen LogP contribution is -2.36. The van der Waals surface area contributed by atoms with Crippen LogP contribution in [-0.4, -0.2) is 51.8 Å². The molecule has 0 aliphatic carbocycles. The van der Waals surface area contributed by atoms with Gasteiger partial charge in [0.1, 0.15) is 0 Å². The summed E-state index contributed by atoms with van der Waals surface area (Å²) in [6, 6.07) is 7.35. The summed E-state index contributed by atoms with van der Waals surface area (Å²) in [4.78, 5) is 2.60. The average molecular weight is 375 g/mol. The third-order valence-corrected chi connectivity index (χ3v) is 6.29. The fourth-order valence-electron chi connectivity index (χ4n) is 2.65. The molecule has 1 saturated heterocycles. The van der Waals surface area contributed by atoms with Crippen molar-refractivity contribution < 1.29 is 8.42 Å². The molecule has 1 heterocycles. The quantitative estimate of drug-likeness (QED) is 0.858. The predicted molar refractivity (Wildman–Crippen MR) is 89.3 cm³/mol. The molecule has 0 amide bonds. The Kier molecular flexibility index (Phi) is 6.22. The van der Waals surface area contributed by atoms with E-state index in [1.165, 1.54) is 0 Å². The molecule has 0 radical (unpaired) electrons. The zero-order valence-electron chi connectivity index (χ0n) is 12.4. The van der Waals surface area contributed by atoms with Gasteiger partial charge >= 0.3 is 0 Å². The molecule has 1 aliphatic rings. The summed E-state index contributed by atoms with van der Waals surface area (Å²) < 4.78 is 25.6. The van der Waals surface area contributed by atoms with Crippen molar-refractivity contribution >= 4 is 25.8 Å². The minimum absolute atomic E-state index is 0.176. The summed E-state index contributed by atoms with van der Waals surface area (Å²) in [5, 5.41) is 3.39. The second-order valence-corrected chi connectivity index (χ2v) is 8.61. The van der Waals surface area contributed by atoms with Crippen molar-refractivity contribution in [2.75, 3.05) is 32.4 Å². The van der Waals surface area contributed by atoms with Gasteiger partial charge in [0, 0.05) is 17.1 Å². The van der Waals surface area contributed by atoms with Crippen molar-refractivity contribution in [1.29, 1.82) is 0 Å². The van der Waals surface area contributed by atoms with Crippen molar-refractivity contribution in [3.05, 3.63) is 28.7 Å². The Bertz CT molecular complexity index is 537. The van der Waals surface area contributed by atoms with Gasteiger partial charge in [-0.3, -0.25) is 0 Å². The minimum atomic E-state index is -3.20. The molecule has 1 atom stereocenters. The molecule has 1 N–H and O–H groups in total. The van der Waals surface area contributed by atoms with Gasteiger partial charge in [0.15, 0.2) is 9.84 Å². The molecule has 2 rings (SSSR count). The van der Waals surface area contributed by atoms with Crippen LogP contribution in [0.5, 0.6) is 0 Å². The van der Waals surface area contributed by atoms with Crippen LogP contribution in [0.15, 0.2) is 33.6 Å². The number of nitrogens with zero attached hydrogens (tertiary/aromatic N) is 1. The van der Waals surface area contributed by atoms with Gasteiger partial charge in [-0.1, -0.05) is 15.9 Å². The maximum absolute atomic E-state index is 12.3. The molecule has 4 nitrogen and oxygen atoms in total. The lowest BCUT2D eigenvalue weighted by molar-refractivity contribution is 0.236. The number of nitrogens with one attached hydrogen (secondary N) is 1. The maximum atomic E-state index is 12.3. The van der Waals surface area contributed by atoms with Crippen LogP contribution >= 0.6 is 15.9 Å². The van der Waals surface area contributed by atoms with Gasteiger partial charge in [-0.25, -0.2) is 8.42 Å². The van der Waals surface area contributed by atoms with Gasteiger partial charge in [0.2, 0.25) is 0 Å². The van der Waals surface area contributed by atoms with Gasteiger partial charge in [-0.15, -0.1) is 0 Å². The van der Waals surface area contributed by atoms with Crippen LogP contribution in [0.1, 0.15) is 19.3 Å². The summed E-state index contributed by atoms with van der Waals surface area (Å²) in [6.07, 6.45) is 3.39. The Hall–Kier alpha value is -0.430. The van der Waals surface area contributed by atoms with Gasteiger partial charge in [0.05, 0.1) is 10.6 Å². The summed E-state index contributed by atoms with van der Waals surface area (Å²) in [7, 11) is -1.16. The molecule has 0 aromatic heterocycles. The van der Waals surface area contributed by atoms with Crippen molar-refractivity contribution in [2.24, 2.45) is 0 Å². The minimum Gasteiger partial charge on any atom is -0.317 e. The largest absolute Gasteiger partial charge is 0.317 e. The normalized spacial score (nSPS) is 20.4. The molecule has 6 heteroatoms. The van der Waals surface area contributed by atoms with E-state index in [1.807, 2.05) is 7.05 Å². The number of rotatable bonds is 5. The first-order valence-corrected chi connectivity index (χ1v) is 9.83. The standard InChI is InChI=1S/C15H23BrN2O2S/c1-18(14-3-2-9-17-10-8-14)11-12-21(19,20)15-6-4-13(16)5-7-15/h4-7,14,17H,2-3,8-12H2,1H3. The summed E-state index contributed by atoms with van der Waals surface area (Å²) in [5.41, 5.74) is 0. The van der Waals surface area contributed by atoms with E-state index in [4.69, 9.17) is 0 Å². The van der Waals surface area contributed by atoms with Gasteiger partial charge in [-0.05, 0) is 63.7 Å². The lowest BCUT2D eigenvalue weighted by atomic mass is 10.1. The van der Waals surface area contributed by atoms with Crippen LogP contribution < -0.4 is 5.32 Å². The van der Waals surface area contributed by atoms with E-state index in [1.54, 1.807) is 24.3 Å². The predicted octanol–water partition coefficient (Wildman–Crippen LogP) is 2.30. The van der Waals surface area contributed by atoms with E-state index < -0.39 is 9.84 Å². The highest BCUT2D eigenvalue weighted by molar-refractivity contribution is 9.10. The SMILES string of the molecule is CN(CCS(=O)(=O)c1ccc(Br)cc1)C1CCCNCC1. The molecule has 21 heavy (non-hydrogen) atoms. The first-order valence-electron chi connectivity index (χ1n) is 7.38. The maximum Gasteiger partial charge on any atom is 0.179 e.